The molecule has 17 heteroatoms. The normalized spacial score (nSPS) is 22.4. The third kappa shape index (κ3) is 7.03. The van der Waals surface area contributed by atoms with Crippen molar-refractivity contribution in [1.29, 1.82) is 0 Å². The Morgan fingerprint density at radius 1 is 1.27 bits per heavy atom. The van der Waals surface area contributed by atoms with Crippen molar-refractivity contribution in [1.82, 2.24) is 24.6 Å². The van der Waals surface area contributed by atoms with E-state index in [1.54, 1.807) is 51.1 Å². The number of fused-ring (bicyclic) bond motifs is 1. The molecular weight excluding hydrogens is 602 g/mol. The van der Waals surface area contributed by atoms with Crippen molar-refractivity contribution in [2.75, 3.05) is 18.9 Å². The second-order valence-corrected chi connectivity index (χ2v) is 12.5. The molecule has 3 aromatic rings. The molecule has 0 radical (unpaired) electrons. The van der Waals surface area contributed by atoms with Gasteiger partial charge in [-0.2, -0.15) is 15.1 Å². The van der Waals surface area contributed by atoms with Gasteiger partial charge in [-0.3, -0.25) is 13.9 Å². The number of aliphatic hydroxyl groups excluding tert-OH is 1. The molecule has 2 aromatic heterocycles. The van der Waals surface area contributed by atoms with Crippen LogP contribution in [0.25, 0.3) is 11.2 Å². The summed E-state index contributed by atoms with van der Waals surface area (Å²) in [5.74, 6) is -0.407. The summed E-state index contributed by atoms with van der Waals surface area (Å²) in [7, 11) is -4.26. The van der Waals surface area contributed by atoms with Gasteiger partial charge in [-0.25, -0.2) is 9.55 Å². The molecule has 1 saturated heterocycles. The van der Waals surface area contributed by atoms with Gasteiger partial charge in [-0.15, -0.1) is 0 Å². The summed E-state index contributed by atoms with van der Waals surface area (Å²) in [6.07, 6.45) is -3.02. The minimum Gasteiger partial charge on any atom is -0.476 e. The van der Waals surface area contributed by atoms with E-state index < -0.39 is 55.2 Å². The van der Waals surface area contributed by atoms with Gasteiger partial charge < -0.3 is 29.6 Å². The quantitative estimate of drug-likeness (QED) is 0.150. The molecule has 0 bridgehead atoms. The van der Waals surface area contributed by atoms with Crippen LogP contribution in [0.15, 0.2) is 36.7 Å². The highest BCUT2D eigenvalue weighted by atomic mass is 35.5. The number of hydrogen-bond acceptors (Lipinski definition) is 12. The first-order valence-electron chi connectivity index (χ1n) is 12.7. The third-order valence-corrected chi connectivity index (χ3v) is 8.22. The fourth-order valence-electron chi connectivity index (χ4n) is 3.93. The molecule has 0 saturated carbocycles. The Labute approximate surface area is 246 Å². The lowest BCUT2D eigenvalue weighted by Crippen LogP contribution is -2.39. The Morgan fingerprint density at radius 2 is 1.98 bits per heavy atom. The minimum atomic E-state index is -4.26. The van der Waals surface area contributed by atoms with Gasteiger partial charge in [0.25, 0.3) is 0 Å². The number of nitrogens with one attached hydrogen (secondary N) is 1. The maximum Gasteiger partial charge on any atom is 0.459 e. The number of carbonyl (C=O) groups is 1. The Morgan fingerprint density at radius 3 is 2.63 bits per heavy atom. The number of nitrogens with two attached hydrogens (primary N) is 1. The molecule has 0 spiro atoms. The predicted molar refractivity (Wildman–Crippen MR) is 150 cm³/mol. The van der Waals surface area contributed by atoms with Crippen molar-refractivity contribution >= 4 is 54.0 Å². The van der Waals surface area contributed by atoms with Crippen LogP contribution in [0.4, 0.5) is 5.95 Å². The highest BCUT2D eigenvalue weighted by Gasteiger charge is 2.56. The van der Waals surface area contributed by atoms with Crippen LogP contribution in [0.3, 0.4) is 0 Å². The smallest absolute Gasteiger partial charge is 0.459 e. The molecule has 1 fully saturated rings. The van der Waals surface area contributed by atoms with Crippen molar-refractivity contribution < 1.29 is 37.7 Å². The number of para-hydroxylation sites is 1. The molecule has 224 valence electrons. The Kier molecular flexibility index (Phi) is 9.64. The molecule has 14 nitrogen and oxygen atoms in total. The number of anilines is 1. The average molecular weight is 633 g/mol. The fraction of sp³-hybridized carbons (Fsp3) is 0.500. The first-order valence-corrected chi connectivity index (χ1v) is 15.0. The van der Waals surface area contributed by atoms with Crippen LogP contribution >= 0.6 is 30.9 Å². The Balaban J connectivity index is 1.56. The molecule has 4 rings (SSSR count). The van der Waals surface area contributed by atoms with Crippen molar-refractivity contribution in [2.24, 2.45) is 0 Å². The number of ether oxygens (including phenoxy) is 3. The van der Waals surface area contributed by atoms with Gasteiger partial charge in [0.1, 0.15) is 24.0 Å². The van der Waals surface area contributed by atoms with E-state index in [1.165, 1.54) is 17.8 Å². The van der Waals surface area contributed by atoms with E-state index in [-0.39, 0.29) is 28.7 Å². The number of esters is 1. The Bertz CT molecular complexity index is 1410. The SMILES string of the molecule is CCOc1nc(N)nc2c1ncn2[C@@H]1O[C@H](CO[P@@](=O)(N[C@@H](C)C(=O)OC(C)C)Oc2ccccc2)[C@@H](O)C1(Cl)Cl. The zero-order chi connectivity index (χ0) is 29.9. The number of nitrogen functional groups attached to an aromatic ring is 1. The monoisotopic (exact) mass is 632 g/mol. The van der Waals surface area contributed by atoms with Crippen molar-refractivity contribution in [2.45, 2.75) is 62.6 Å². The maximum absolute atomic E-state index is 13.8. The number of imidazole rings is 1. The van der Waals surface area contributed by atoms with Gasteiger partial charge in [-0.05, 0) is 39.8 Å². The second-order valence-electron chi connectivity index (χ2n) is 9.32. The van der Waals surface area contributed by atoms with Crippen LogP contribution in [-0.4, -0.2) is 72.5 Å². The molecule has 0 aliphatic carbocycles. The largest absolute Gasteiger partial charge is 0.476 e. The molecule has 41 heavy (non-hydrogen) atoms. The van der Waals surface area contributed by atoms with Crippen LogP contribution in [0.2, 0.25) is 0 Å². The summed E-state index contributed by atoms with van der Waals surface area (Å²) in [6, 6.07) is 7.13. The summed E-state index contributed by atoms with van der Waals surface area (Å²) in [5.41, 5.74) is 6.32. The zero-order valence-electron chi connectivity index (χ0n) is 22.6. The van der Waals surface area contributed by atoms with E-state index in [9.17, 15) is 14.5 Å². The molecule has 5 atom stereocenters. The number of benzene rings is 1. The molecule has 1 aliphatic rings. The van der Waals surface area contributed by atoms with Gasteiger partial charge in [0.2, 0.25) is 11.8 Å². The van der Waals surface area contributed by atoms with Crippen LogP contribution in [-0.2, 0) is 23.4 Å². The van der Waals surface area contributed by atoms with Gasteiger partial charge in [-0.1, -0.05) is 41.4 Å². The van der Waals surface area contributed by atoms with Crippen LogP contribution in [0, 0.1) is 0 Å². The number of halogens is 2. The van der Waals surface area contributed by atoms with E-state index in [2.05, 4.69) is 20.0 Å². The number of aromatic nitrogens is 4. The number of carbonyl (C=O) groups excluding carboxylic acids is 1. The van der Waals surface area contributed by atoms with Gasteiger partial charge in [0, 0.05) is 0 Å². The topological polar surface area (TPSA) is 182 Å². The summed E-state index contributed by atoms with van der Waals surface area (Å²) >= 11 is 13.1. The lowest BCUT2D eigenvalue weighted by Gasteiger charge is -2.25. The zero-order valence-corrected chi connectivity index (χ0v) is 25.0. The van der Waals surface area contributed by atoms with E-state index in [0.29, 0.717) is 6.61 Å². The van der Waals surface area contributed by atoms with E-state index in [1.807, 2.05) is 0 Å². The third-order valence-electron chi connectivity index (χ3n) is 5.75. The second kappa shape index (κ2) is 12.7. The predicted octanol–water partition coefficient (Wildman–Crippen LogP) is 3.37. The summed E-state index contributed by atoms with van der Waals surface area (Å²) in [6.45, 7) is 6.38. The van der Waals surface area contributed by atoms with Gasteiger partial charge in [0.15, 0.2) is 21.7 Å². The molecular formula is C24H31Cl2N6O8P. The lowest BCUT2D eigenvalue weighted by molar-refractivity contribution is -0.149. The molecule has 0 unspecified atom stereocenters. The van der Waals surface area contributed by atoms with Crippen LogP contribution < -0.4 is 20.1 Å². The highest BCUT2D eigenvalue weighted by Crippen LogP contribution is 2.50. The molecule has 3 heterocycles. The number of alkyl halides is 2. The highest BCUT2D eigenvalue weighted by molar-refractivity contribution is 7.52. The average Bonchev–Trinajstić information content (AvgIpc) is 3.41. The van der Waals surface area contributed by atoms with Gasteiger partial charge >= 0.3 is 13.7 Å². The number of aliphatic hydroxyl groups is 1. The summed E-state index contributed by atoms with van der Waals surface area (Å²) in [4.78, 5) is 24.9. The molecule has 0 amide bonds. The summed E-state index contributed by atoms with van der Waals surface area (Å²) < 4.78 is 41.2. The van der Waals surface area contributed by atoms with E-state index in [4.69, 9.17) is 52.2 Å². The van der Waals surface area contributed by atoms with E-state index >= 15 is 0 Å². The van der Waals surface area contributed by atoms with Crippen LogP contribution in [0.1, 0.15) is 33.9 Å². The number of nitrogens with zero attached hydrogens (tertiary/aromatic N) is 4. The minimum absolute atomic E-state index is 0.0916. The Hall–Kier alpha value is -2.71. The molecule has 1 aliphatic heterocycles. The van der Waals surface area contributed by atoms with E-state index in [0.717, 1.165) is 0 Å². The molecule has 1 aromatic carbocycles. The fourth-order valence-corrected chi connectivity index (χ4v) is 6.02. The summed E-state index contributed by atoms with van der Waals surface area (Å²) in [5, 5.41) is 13.6. The number of rotatable bonds is 12. The molecule has 4 N–H and O–H groups in total. The van der Waals surface area contributed by atoms with Crippen molar-refractivity contribution in [3.05, 3.63) is 36.7 Å². The maximum atomic E-state index is 13.8. The van der Waals surface area contributed by atoms with Crippen molar-refractivity contribution in [3.8, 4) is 11.6 Å². The number of hydrogen-bond donors (Lipinski definition) is 3. The van der Waals surface area contributed by atoms with Crippen molar-refractivity contribution in [3.63, 3.8) is 0 Å². The van der Waals surface area contributed by atoms with Crippen LogP contribution in [0.5, 0.6) is 11.6 Å². The lowest BCUT2D eigenvalue weighted by atomic mass is 10.2. The standard InChI is InChI=1S/C24H31Cl2N6O8P/c1-5-36-20-17-19(29-23(27)30-20)32(12-28-17)22-24(25,26)18(33)16(39-22)11-37-41(35,40-15-9-7-6-8-10-15)31-14(4)21(34)38-13(2)3/h6-10,12-14,16,18,22,33H,5,11H2,1-4H3,(H,31,35)(H2,27,29,30)/t14-,16+,18+,22+,41-/m0/s1. The first kappa shape index (κ1) is 31.2. The van der Waals surface area contributed by atoms with Gasteiger partial charge in [0.05, 0.1) is 25.6 Å². The first-order chi connectivity index (χ1) is 19.3.